The normalized spacial score (nSPS) is 25.2. The Hall–Kier alpha value is -1.82. The first-order valence-corrected chi connectivity index (χ1v) is 11.4. The van der Waals surface area contributed by atoms with Gasteiger partial charge in [-0.25, -0.2) is 13.2 Å². The highest BCUT2D eigenvalue weighted by molar-refractivity contribution is 9.10. The van der Waals surface area contributed by atoms with Crippen LogP contribution < -0.4 is 16.0 Å². The number of fused-ring (bicyclic) bond motifs is 1. The van der Waals surface area contributed by atoms with Crippen molar-refractivity contribution in [3.8, 4) is 0 Å². The first-order chi connectivity index (χ1) is 13.5. The van der Waals surface area contributed by atoms with Crippen LogP contribution in [-0.2, 0) is 20.8 Å². The Kier molecular flexibility index (Phi) is 6.13. The van der Waals surface area contributed by atoms with Crippen LogP contribution in [0.3, 0.4) is 0 Å². The fourth-order valence-electron chi connectivity index (χ4n) is 3.68. The number of alkyl halides is 3. The zero-order valence-electron chi connectivity index (χ0n) is 15.1. The number of anilines is 1. The Balaban J connectivity index is 1.49. The van der Waals surface area contributed by atoms with E-state index in [1.165, 1.54) is 12.1 Å². The monoisotopic (exact) mass is 497 g/mol. The van der Waals surface area contributed by atoms with Crippen molar-refractivity contribution in [2.75, 3.05) is 11.1 Å². The van der Waals surface area contributed by atoms with E-state index < -0.39 is 44.8 Å². The Morgan fingerprint density at radius 2 is 1.97 bits per heavy atom. The maximum Gasteiger partial charge on any atom is 0.417 e. The van der Waals surface area contributed by atoms with Crippen molar-refractivity contribution < 1.29 is 31.2 Å². The van der Waals surface area contributed by atoms with E-state index in [4.69, 9.17) is 0 Å². The average Bonchev–Trinajstić information content (AvgIpc) is 3.04. The molecule has 2 fully saturated rings. The van der Waals surface area contributed by atoms with Crippen LogP contribution in [0.2, 0.25) is 0 Å². The predicted octanol–water partition coefficient (Wildman–Crippen LogP) is 2.81. The third kappa shape index (κ3) is 5.03. The van der Waals surface area contributed by atoms with E-state index >= 15 is 0 Å². The minimum atomic E-state index is -4.55. The van der Waals surface area contributed by atoms with E-state index in [2.05, 4.69) is 31.9 Å². The second kappa shape index (κ2) is 8.13. The Bertz CT molecular complexity index is 923. The largest absolute Gasteiger partial charge is 0.417 e. The number of halogens is 4. The lowest BCUT2D eigenvalue weighted by molar-refractivity contribution is -0.138. The second-order valence-corrected chi connectivity index (χ2v) is 10.2. The number of nitrogens with one attached hydrogen (secondary N) is 3. The van der Waals surface area contributed by atoms with Gasteiger partial charge in [-0.05, 0) is 31.0 Å². The SMILES string of the molecule is O=C(CCCC[C@@H]1[C@@H]2NC(=O)N[C@H]2CS1(=O)=O)Nc1ccc(Br)c(C(F)(F)F)c1. The number of amides is 3. The first kappa shape index (κ1) is 21.9. The minimum absolute atomic E-state index is 0.0338. The summed E-state index contributed by atoms with van der Waals surface area (Å²) in [6.07, 6.45) is -3.39. The summed E-state index contributed by atoms with van der Waals surface area (Å²) < 4.78 is 63.1. The lowest BCUT2D eigenvalue weighted by Crippen LogP contribution is -2.39. The predicted molar refractivity (Wildman–Crippen MR) is 103 cm³/mol. The molecule has 0 spiro atoms. The van der Waals surface area contributed by atoms with Gasteiger partial charge >= 0.3 is 12.2 Å². The van der Waals surface area contributed by atoms with Gasteiger partial charge in [0.15, 0.2) is 9.84 Å². The van der Waals surface area contributed by atoms with Crippen LogP contribution in [0, 0.1) is 0 Å². The van der Waals surface area contributed by atoms with Crippen LogP contribution in [0.4, 0.5) is 23.7 Å². The topological polar surface area (TPSA) is 104 Å². The van der Waals surface area contributed by atoms with Crippen molar-refractivity contribution in [1.82, 2.24) is 10.6 Å². The Labute approximate surface area is 173 Å². The number of carbonyl (C=O) groups excluding carboxylic acids is 2. The molecule has 12 heteroatoms. The van der Waals surface area contributed by atoms with Gasteiger partial charge in [0, 0.05) is 16.6 Å². The first-order valence-electron chi connectivity index (χ1n) is 8.92. The second-order valence-electron chi connectivity index (χ2n) is 7.10. The lowest BCUT2D eigenvalue weighted by atomic mass is 10.0. The number of urea groups is 1. The standard InChI is InChI=1S/C17H19BrF3N3O4S/c18-11-6-5-9(7-10(11)17(19,20)21)22-14(25)4-2-1-3-13-15-12(8-29(13,27)28)23-16(26)24-15/h5-7,12-13,15H,1-4,8H2,(H,22,25)(H2,23,24,26)/t12-,13+,15+/m0/s1. The van der Waals surface area contributed by atoms with E-state index in [0.717, 1.165) is 6.07 Å². The third-order valence-corrected chi connectivity index (χ3v) is 7.99. The molecule has 2 aliphatic rings. The molecule has 1 aromatic rings. The molecule has 2 saturated heterocycles. The molecule has 1 aromatic carbocycles. The molecule has 3 amide bonds. The van der Waals surface area contributed by atoms with Gasteiger partial charge in [-0.2, -0.15) is 13.2 Å². The summed E-state index contributed by atoms with van der Waals surface area (Å²) in [6.45, 7) is 0. The molecule has 0 aliphatic carbocycles. The summed E-state index contributed by atoms with van der Waals surface area (Å²) in [5.41, 5.74) is -0.852. The van der Waals surface area contributed by atoms with Crippen molar-refractivity contribution in [1.29, 1.82) is 0 Å². The fourth-order valence-corrected chi connectivity index (χ4v) is 6.42. The maximum atomic E-state index is 12.9. The van der Waals surface area contributed by atoms with Gasteiger partial charge in [-0.15, -0.1) is 0 Å². The molecule has 3 N–H and O–H groups in total. The average molecular weight is 498 g/mol. The number of hydrogen-bond donors (Lipinski definition) is 3. The van der Waals surface area contributed by atoms with Gasteiger partial charge in [0.1, 0.15) is 0 Å². The lowest BCUT2D eigenvalue weighted by Gasteiger charge is -2.16. The van der Waals surface area contributed by atoms with Crippen molar-refractivity contribution in [3.63, 3.8) is 0 Å². The number of sulfone groups is 1. The van der Waals surface area contributed by atoms with E-state index in [1.54, 1.807) is 0 Å². The fraction of sp³-hybridized carbons (Fsp3) is 0.529. The molecule has 7 nitrogen and oxygen atoms in total. The van der Waals surface area contributed by atoms with Gasteiger partial charge in [-0.1, -0.05) is 22.4 Å². The number of rotatable bonds is 6. The van der Waals surface area contributed by atoms with Gasteiger partial charge in [0.2, 0.25) is 5.91 Å². The van der Waals surface area contributed by atoms with Crippen LogP contribution in [0.1, 0.15) is 31.2 Å². The minimum Gasteiger partial charge on any atom is -0.332 e. The van der Waals surface area contributed by atoms with Gasteiger partial charge in [-0.3, -0.25) is 4.79 Å². The summed E-state index contributed by atoms with van der Waals surface area (Å²) in [5.74, 6) is -0.560. The highest BCUT2D eigenvalue weighted by Gasteiger charge is 2.51. The molecule has 0 saturated carbocycles. The molecular weight excluding hydrogens is 479 g/mol. The molecule has 0 unspecified atom stereocenters. The number of hydrogen-bond acceptors (Lipinski definition) is 4. The molecule has 160 valence electrons. The van der Waals surface area contributed by atoms with Gasteiger partial charge < -0.3 is 16.0 Å². The van der Waals surface area contributed by atoms with Crippen LogP contribution >= 0.6 is 15.9 Å². The van der Waals surface area contributed by atoms with Crippen molar-refractivity contribution >= 4 is 43.4 Å². The van der Waals surface area contributed by atoms with Crippen LogP contribution in [0.15, 0.2) is 22.7 Å². The van der Waals surface area contributed by atoms with E-state index in [-0.39, 0.29) is 28.4 Å². The summed E-state index contributed by atoms with van der Waals surface area (Å²) in [6, 6.07) is 2.14. The summed E-state index contributed by atoms with van der Waals surface area (Å²) in [4.78, 5) is 23.4. The quantitative estimate of drug-likeness (QED) is 0.415. The van der Waals surface area contributed by atoms with Crippen molar-refractivity contribution in [2.45, 2.75) is 49.2 Å². The van der Waals surface area contributed by atoms with Crippen molar-refractivity contribution in [3.05, 3.63) is 28.2 Å². The maximum absolute atomic E-state index is 12.9. The molecular formula is C17H19BrF3N3O4S. The van der Waals surface area contributed by atoms with Gasteiger partial charge in [0.25, 0.3) is 0 Å². The summed E-state index contributed by atoms with van der Waals surface area (Å²) in [7, 11) is -3.33. The van der Waals surface area contributed by atoms with E-state index in [0.29, 0.717) is 19.3 Å². The highest BCUT2D eigenvalue weighted by Crippen LogP contribution is 2.36. The summed E-state index contributed by atoms with van der Waals surface area (Å²) in [5, 5.41) is 6.93. The Morgan fingerprint density at radius 3 is 2.66 bits per heavy atom. The van der Waals surface area contributed by atoms with E-state index in [9.17, 15) is 31.2 Å². The van der Waals surface area contributed by atoms with E-state index in [1.807, 2.05) is 0 Å². The third-order valence-electron chi connectivity index (χ3n) is 5.02. The molecule has 0 radical (unpaired) electrons. The van der Waals surface area contributed by atoms with Gasteiger partial charge in [0.05, 0.1) is 28.6 Å². The van der Waals surface area contributed by atoms with Crippen molar-refractivity contribution in [2.24, 2.45) is 0 Å². The molecule has 0 bridgehead atoms. The number of carbonyl (C=O) groups is 2. The van der Waals surface area contributed by atoms with Crippen LogP contribution in [0.25, 0.3) is 0 Å². The van der Waals surface area contributed by atoms with Crippen LogP contribution in [-0.4, -0.2) is 43.4 Å². The zero-order valence-corrected chi connectivity index (χ0v) is 17.5. The number of unbranched alkanes of at least 4 members (excludes halogenated alkanes) is 1. The van der Waals surface area contributed by atoms with Crippen LogP contribution in [0.5, 0.6) is 0 Å². The smallest absolute Gasteiger partial charge is 0.332 e. The summed E-state index contributed by atoms with van der Waals surface area (Å²) >= 11 is 2.84. The molecule has 2 aliphatic heterocycles. The molecule has 3 rings (SSSR count). The molecule has 2 heterocycles. The zero-order chi connectivity index (χ0) is 21.4. The molecule has 0 aromatic heterocycles. The molecule has 29 heavy (non-hydrogen) atoms. The molecule has 3 atom stereocenters. The highest BCUT2D eigenvalue weighted by atomic mass is 79.9. The Morgan fingerprint density at radius 1 is 1.24 bits per heavy atom. The number of benzene rings is 1.